The van der Waals surface area contributed by atoms with Crippen molar-refractivity contribution in [3.8, 4) is 5.75 Å². The molecule has 0 radical (unpaired) electrons. The Balaban J connectivity index is 2.00. The molecule has 1 aliphatic rings. The summed E-state index contributed by atoms with van der Waals surface area (Å²) in [4.78, 5) is 0. The zero-order valence-electron chi connectivity index (χ0n) is 11.3. The molecule has 2 rings (SSSR count). The van der Waals surface area contributed by atoms with Gasteiger partial charge in [-0.15, -0.1) is 0 Å². The van der Waals surface area contributed by atoms with E-state index in [-0.39, 0.29) is 6.10 Å². The van der Waals surface area contributed by atoms with E-state index in [9.17, 15) is 5.11 Å². The lowest BCUT2D eigenvalue weighted by Crippen LogP contribution is -2.18. The van der Waals surface area contributed by atoms with Gasteiger partial charge in [0.1, 0.15) is 12.4 Å². The highest BCUT2D eigenvalue weighted by molar-refractivity contribution is 5.38. The van der Waals surface area contributed by atoms with Crippen molar-refractivity contribution in [3.63, 3.8) is 0 Å². The predicted molar refractivity (Wildman–Crippen MR) is 70.9 cm³/mol. The Bertz CT molecular complexity index is 401. The van der Waals surface area contributed by atoms with E-state index in [0.717, 1.165) is 29.7 Å². The molecule has 0 aromatic heterocycles. The molecule has 3 nitrogen and oxygen atoms in total. The van der Waals surface area contributed by atoms with Crippen molar-refractivity contribution in [1.82, 2.24) is 0 Å². The summed E-state index contributed by atoms with van der Waals surface area (Å²) in [5, 5.41) is 9.75. The van der Waals surface area contributed by atoms with Crippen LogP contribution in [-0.4, -0.2) is 23.9 Å². The summed E-state index contributed by atoms with van der Waals surface area (Å²) in [6.45, 7) is 6.42. The first-order valence-corrected chi connectivity index (χ1v) is 6.63. The topological polar surface area (TPSA) is 38.7 Å². The highest BCUT2D eigenvalue weighted by Crippen LogP contribution is 2.27. The minimum atomic E-state index is -0.511. The van der Waals surface area contributed by atoms with Gasteiger partial charge in [-0.25, -0.2) is 0 Å². The Hall–Kier alpha value is -1.06. The van der Waals surface area contributed by atoms with Crippen molar-refractivity contribution >= 4 is 0 Å². The van der Waals surface area contributed by atoms with E-state index in [1.54, 1.807) is 6.92 Å². The number of hydrogen-bond acceptors (Lipinski definition) is 3. The van der Waals surface area contributed by atoms with Crippen molar-refractivity contribution in [1.29, 1.82) is 0 Å². The van der Waals surface area contributed by atoms with E-state index in [1.807, 2.05) is 25.1 Å². The van der Waals surface area contributed by atoms with Crippen LogP contribution < -0.4 is 4.74 Å². The SMILES string of the molecule is Cc1ccc(OCC2CCC(C)O2)c([C@H](C)O)c1. The molecule has 1 aromatic rings. The fraction of sp³-hybridized carbons (Fsp3) is 0.600. The minimum absolute atomic E-state index is 0.183. The van der Waals surface area contributed by atoms with Crippen molar-refractivity contribution in [2.45, 2.75) is 51.9 Å². The van der Waals surface area contributed by atoms with E-state index in [2.05, 4.69) is 6.92 Å². The molecule has 0 bridgehead atoms. The summed E-state index contributed by atoms with van der Waals surface area (Å²) in [6.07, 6.45) is 2.17. The molecular formula is C15H22O3. The first-order valence-electron chi connectivity index (χ1n) is 6.63. The van der Waals surface area contributed by atoms with Crippen molar-refractivity contribution in [3.05, 3.63) is 29.3 Å². The summed E-state index contributed by atoms with van der Waals surface area (Å²) >= 11 is 0. The van der Waals surface area contributed by atoms with Crippen LogP contribution in [0.3, 0.4) is 0 Å². The van der Waals surface area contributed by atoms with E-state index in [0.29, 0.717) is 12.7 Å². The normalized spacial score (nSPS) is 25.1. The third-order valence-corrected chi connectivity index (χ3v) is 3.36. The lowest BCUT2D eigenvalue weighted by Gasteiger charge is -2.17. The first kappa shape index (κ1) is 13.4. The van der Waals surface area contributed by atoms with Crippen LogP contribution in [0.2, 0.25) is 0 Å². The first-order chi connectivity index (χ1) is 8.56. The molecule has 1 aromatic carbocycles. The maximum Gasteiger partial charge on any atom is 0.125 e. The fourth-order valence-corrected chi connectivity index (χ4v) is 2.32. The van der Waals surface area contributed by atoms with Gasteiger partial charge in [0, 0.05) is 5.56 Å². The monoisotopic (exact) mass is 250 g/mol. The van der Waals surface area contributed by atoms with E-state index >= 15 is 0 Å². The summed E-state index contributed by atoms with van der Waals surface area (Å²) in [7, 11) is 0. The third-order valence-electron chi connectivity index (χ3n) is 3.36. The quantitative estimate of drug-likeness (QED) is 0.892. The molecule has 2 unspecified atom stereocenters. The number of aliphatic hydroxyl groups is 1. The molecule has 1 saturated heterocycles. The molecule has 0 aliphatic carbocycles. The molecule has 1 heterocycles. The van der Waals surface area contributed by atoms with Gasteiger partial charge in [0.15, 0.2) is 0 Å². The van der Waals surface area contributed by atoms with Crippen LogP contribution in [0.1, 0.15) is 43.9 Å². The van der Waals surface area contributed by atoms with Crippen LogP contribution in [0.25, 0.3) is 0 Å². The lowest BCUT2D eigenvalue weighted by molar-refractivity contribution is 0.0256. The van der Waals surface area contributed by atoms with Crippen LogP contribution in [-0.2, 0) is 4.74 Å². The van der Waals surface area contributed by atoms with Gasteiger partial charge < -0.3 is 14.6 Å². The van der Waals surface area contributed by atoms with Gasteiger partial charge in [-0.1, -0.05) is 11.6 Å². The van der Waals surface area contributed by atoms with Crippen LogP contribution in [0.4, 0.5) is 0 Å². The molecule has 0 spiro atoms. The standard InChI is InChI=1S/C15H22O3/c1-10-4-7-15(14(8-10)12(3)16)17-9-13-6-5-11(2)18-13/h4,7-8,11-13,16H,5-6,9H2,1-3H3/t11?,12-,13?/m0/s1. The predicted octanol–water partition coefficient (Wildman–Crippen LogP) is 2.99. The van der Waals surface area contributed by atoms with Gasteiger partial charge in [0.05, 0.1) is 18.3 Å². The van der Waals surface area contributed by atoms with Crippen molar-refractivity contribution in [2.75, 3.05) is 6.61 Å². The zero-order valence-corrected chi connectivity index (χ0v) is 11.3. The van der Waals surface area contributed by atoms with Gasteiger partial charge in [-0.05, 0) is 45.7 Å². The third kappa shape index (κ3) is 3.24. The smallest absolute Gasteiger partial charge is 0.125 e. The maximum atomic E-state index is 9.75. The van der Waals surface area contributed by atoms with Gasteiger partial charge in [0.25, 0.3) is 0 Å². The molecule has 0 amide bonds. The number of hydrogen-bond donors (Lipinski definition) is 1. The number of rotatable bonds is 4. The lowest BCUT2D eigenvalue weighted by atomic mass is 10.1. The van der Waals surface area contributed by atoms with Crippen LogP contribution in [0.15, 0.2) is 18.2 Å². The Morgan fingerprint density at radius 3 is 2.83 bits per heavy atom. The molecule has 1 aliphatic heterocycles. The average Bonchev–Trinajstić information content (AvgIpc) is 2.73. The average molecular weight is 250 g/mol. The summed E-state index contributed by atoms with van der Waals surface area (Å²) in [6, 6.07) is 5.90. The molecular weight excluding hydrogens is 228 g/mol. The van der Waals surface area contributed by atoms with Crippen LogP contribution in [0.5, 0.6) is 5.75 Å². The molecule has 1 N–H and O–H groups in total. The fourth-order valence-electron chi connectivity index (χ4n) is 2.32. The van der Waals surface area contributed by atoms with Crippen molar-refractivity contribution in [2.24, 2.45) is 0 Å². The van der Waals surface area contributed by atoms with E-state index in [1.165, 1.54) is 0 Å². The maximum absolute atomic E-state index is 9.75. The highest BCUT2D eigenvalue weighted by Gasteiger charge is 2.22. The summed E-state index contributed by atoms with van der Waals surface area (Å²) in [5.41, 5.74) is 1.98. The Morgan fingerprint density at radius 2 is 2.22 bits per heavy atom. The Morgan fingerprint density at radius 1 is 1.44 bits per heavy atom. The van der Waals surface area contributed by atoms with E-state index in [4.69, 9.17) is 9.47 Å². The largest absolute Gasteiger partial charge is 0.490 e. The molecule has 100 valence electrons. The second-order valence-corrected chi connectivity index (χ2v) is 5.17. The van der Waals surface area contributed by atoms with Gasteiger partial charge in [-0.2, -0.15) is 0 Å². The van der Waals surface area contributed by atoms with Gasteiger partial charge in [0.2, 0.25) is 0 Å². The Kier molecular flexibility index (Phi) is 4.25. The second kappa shape index (κ2) is 5.72. The van der Waals surface area contributed by atoms with Crippen LogP contribution in [0, 0.1) is 6.92 Å². The summed E-state index contributed by atoms with van der Waals surface area (Å²) < 4.78 is 11.5. The van der Waals surface area contributed by atoms with Gasteiger partial charge in [-0.3, -0.25) is 0 Å². The second-order valence-electron chi connectivity index (χ2n) is 5.17. The van der Waals surface area contributed by atoms with Crippen molar-refractivity contribution < 1.29 is 14.6 Å². The highest BCUT2D eigenvalue weighted by atomic mass is 16.5. The van der Waals surface area contributed by atoms with Gasteiger partial charge >= 0.3 is 0 Å². The molecule has 3 heteroatoms. The Labute approximate surface area is 109 Å². The molecule has 0 saturated carbocycles. The molecule has 1 fully saturated rings. The minimum Gasteiger partial charge on any atom is -0.490 e. The number of ether oxygens (including phenoxy) is 2. The van der Waals surface area contributed by atoms with Crippen LogP contribution >= 0.6 is 0 Å². The van der Waals surface area contributed by atoms with E-state index < -0.39 is 6.10 Å². The number of benzene rings is 1. The zero-order chi connectivity index (χ0) is 13.1. The number of aliphatic hydroxyl groups excluding tert-OH is 1. The molecule has 18 heavy (non-hydrogen) atoms. The number of aryl methyl sites for hydroxylation is 1. The summed E-state index contributed by atoms with van der Waals surface area (Å²) in [5.74, 6) is 0.763. The molecule has 3 atom stereocenters.